The summed E-state index contributed by atoms with van der Waals surface area (Å²) in [5.74, 6) is -0.117. The van der Waals surface area contributed by atoms with Crippen LogP contribution < -0.4 is 5.32 Å². The quantitative estimate of drug-likeness (QED) is 0.640. The number of likely N-dealkylation sites (N-methyl/N-ethyl adjacent to an activating group) is 1. The molecule has 1 aliphatic rings. The molecule has 162 valence electrons. The van der Waals surface area contributed by atoms with Crippen LogP contribution in [0, 0.1) is 6.92 Å². The monoisotopic (exact) mass is 437 g/mol. The molecule has 2 aromatic carbocycles. The average molecular weight is 438 g/mol. The minimum atomic E-state index is -0.117. The van der Waals surface area contributed by atoms with Crippen LogP contribution in [0.4, 0.5) is 0 Å². The summed E-state index contributed by atoms with van der Waals surface area (Å²) >= 11 is 6.13. The minimum absolute atomic E-state index is 0.0916. The van der Waals surface area contributed by atoms with Gasteiger partial charge in [-0.05, 0) is 37.7 Å². The number of benzene rings is 2. The summed E-state index contributed by atoms with van der Waals surface area (Å²) in [7, 11) is 2.15. The van der Waals surface area contributed by atoms with Crippen LogP contribution in [0.15, 0.2) is 60.8 Å². The Labute approximate surface area is 188 Å². The molecule has 1 saturated heterocycles. The van der Waals surface area contributed by atoms with E-state index >= 15 is 0 Å². The van der Waals surface area contributed by atoms with Gasteiger partial charge in [0.15, 0.2) is 0 Å². The molecule has 0 radical (unpaired) electrons. The van der Waals surface area contributed by atoms with Gasteiger partial charge in [0.1, 0.15) is 0 Å². The predicted octanol–water partition coefficient (Wildman–Crippen LogP) is 3.55. The van der Waals surface area contributed by atoms with E-state index in [2.05, 4.69) is 39.4 Å². The molecule has 1 atom stereocenters. The summed E-state index contributed by atoms with van der Waals surface area (Å²) in [4.78, 5) is 18.0. The van der Waals surface area contributed by atoms with Gasteiger partial charge < -0.3 is 10.2 Å². The lowest BCUT2D eigenvalue weighted by molar-refractivity contribution is 0.0906. The molecule has 0 aliphatic carbocycles. The molecule has 1 amide bonds. The third kappa shape index (κ3) is 5.15. The maximum absolute atomic E-state index is 13.2. The molecule has 7 heteroatoms. The molecule has 1 unspecified atom stereocenters. The van der Waals surface area contributed by atoms with E-state index < -0.39 is 0 Å². The Morgan fingerprint density at radius 2 is 1.84 bits per heavy atom. The van der Waals surface area contributed by atoms with Crippen LogP contribution >= 0.6 is 11.6 Å². The first-order valence-electron chi connectivity index (χ1n) is 10.6. The van der Waals surface area contributed by atoms with Gasteiger partial charge >= 0.3 is 0 Å². The fourth-order valence-electron chi connectivity index (χ4n) is 3.95. The standard InChI is InChI=1S/C24H28ClN5O/c1-18-22(16-26-30(18)21-10-6-9-20(25)15-21)24(31)27-23(19-7-4-3-5-8-19)17-29-13-11-28(2)12-14-29/h3-10,15-16,23H,11-14,17H2,1-2H3,(H,27,31). The highest BCUT2D eigenvalue weighted by atomic mass is 35.5. The van der Waals surface area contributed by atoms with Crippen molar-refractivity contribution in [3.8, 4) is 5.69 Å². The summed E-state index contributed by atoms with van der Waals surface area (Å²) in [6, 6.07) is 17.5. The maximum Gasteiger partial charge on any atom is 0.255 e. The third-order valence-corrected chi connectivity index (χ3v) is 6.09. The smallest absolute Gasteiger partial charge is 0.255 e. The van der Waals surface area contributed by atoms with Crippen molar-refractivity contribution in [1.29, 1.82) is 0 Å². The zero-order chi connectivity index (χ0) is 21.8. The van der Waals surface area contributed by atoms with Crippen LogP contribution in [0.25, 0.3) is 5.69 Å². The molecule has 4 rings (SSSR count). The Bertz CT molecular complexity index is 1030. The Morgan fingerprint density at radius 1 is 1.10 bits per heavy atom. The van der Waals surface area contributed by atoms with Crippen LogP contribution in [0.5, 0.6) is 0 Å². The van der Waals surface area contributed by atoms with E-state index in [4.69, 9.17) is 11.6 Å². The number of aromatic nitrogens is 2. The van der Waals surface area contributed by atoms with Crippen LogP contribution in [0.3, 0.4) is 0 Å². The van der Waals surface area contributed by atoms with E-state index in [0.29, 0.717) is 10.6 Å². The van der Waals surface area contributed by atoms with Gasteiger partial charge in [-0.1, -0.05) is 48.0 Å². The molecule has 1 fully saturated rings. The topological polar surface area (TPSA) is 53.4 Å². The second-order valence-corrected chi connectivity index (χ2v) is 8.51. The number of amides is 1. The SMILES string of the molecule is Cc1c(C(=O)NC(CN2CCN(C)CC2)c2ccccc2)cnn1-c1cccc(Cl)c1. The molecule has 1 aliphatic heterocycles. The summed E-state index contributed by atoms with van der Waals surface area (Å²) in [6.07, 6.45) is 1.63. The molecule has 6 nitrogen and oxygen atoms in total. The van der Waals surface area contributed by atoms with Crippen molar-refractivity contribution in [1.82, 2.24) is 24.9 Å². The molecular formula is C24H28ClN5O. The van der Waals surface area contributed by atoms with Gasteiger partial charge in [0.2, 0.25) is 0 Å². The number of carbonyl (C=O) groups excluding carboxylic acids is 1. The van der Waals surface area contributed by atoms with E-state index in [1.807, 2.05) is 49.4 Å². The first-order valence-corrected chi connectivity index (χ1v) is 11.0. The molecule has 0 spiro atoms. The Kier molecular flexibility index (Phi) is 6.70. The van der Waals surface area contributed by atoms with E-state index in [9.17, 15) is 4.79 Å². The molecule has 0 saturated carbocycles. The largest absolute Gasteiger partial charge is 0.344 e. The molecular weight excluding hydrogens is 410 g/mol. The van der Waals surface area contributed by atoms with E-state index in [0.717, 1.165) is 49.7 Å². The van der Waals surface area contributed by atoms with E-state index in [-0.39, 0.29) is 11.9 Å². The number of halogens is 1. The van der Waals surface area contributed by atoms with Gasteiger partial charge in [-0.25, -0.2) is 4.68 Å². The normalized spacial score (nSPS) is 16.2. The third-order valence-electron chi connectivity index (χ3n) is 5.85. The highest BCUT2D eigenvalue weighted by Gasteiger charge is 2.23. The van der Waals surface area contributed by atoms with Crippen molar-refractivity contribution in [2.24, 2.45) is 0 Å². The number of hydrogen-bond donors (Lipinski definition) is 1. The van der Waals surface area contributed by atoms with Crippen molar-refractivity contribution in [2.75, 3.05) is 39.8 Å². The van der Waals surface area contributed by atoms with E-state index in [1.165, 1.54) is 0 Å². The van der Waals surface area contributed by atoms with Gasteiger partial charge in [-0.2, -0.15) is 5.10 Å². The first-order chi connectivity index (χ1) is 15.0. The van der Waals surface area contributed by atoms with Crippen LogP contribution in [0.1, 0.15) is 27.7 Å². The predicted molar refractivity (Wildman–Crippen MR) is 124 cm³/mol. The summed E-state index contributed by atoms with van der Waals surface area (Å²) in [5.41, 5.74) is 3.29. The van der Waals surface area contributed by atoms with Crippen LogP contribution in [0.2, 0.25) is 5.02 Å². The number of hydrogen-bond acceptors (Lipinski definition) is 4. The van der Waals surface area contributed by atoms with Gasteiger partial charge in [0.05, 0.1) is 29.2 Å². The molecule has 31 heavy (non-hydrogen) atoms. The van der Waals surface area contributed by atoms with Crippen molar-refractivity contribution in [3.05, 3.63) is 82.6 Å². The Hall–Kier alpha value is -2.67. The second kappa shape index (κ2) is 9.64. The zero-order valence-electron chi connectivity index (χ0n) is 18.0. The lowest BCUT2D eigenvalue weighted by atomic mass is 10.1. The number of nitrogens with zero attached hydrogens (tertiary/aromatic N) is 4. The maximum atomic E-state index is 13.2. The fourth-order valence-corrected chi connectivity index (χ4v) is 4.13. The Balaban J connectivity index is 1.54. The van der Waals surface area contributed by atoms with Gasteiger partial charge in [0.25, 0.3) is 5.91 Å². The highest BCUT2D eigenvalue weighted by molar-refractivity contribution is 6.30. The number of nitrogens with one attached hydrogen (secondary N) is 1. The molecule has 0 bridgehead atoms. The average Bonchev–Trinajstić information content (AvgIpc) is 3.17. The molecule has 1 aromatic heterocycles. The van der Waals surface area contributed by atoms with Gasteiger partial charge in [-0.15, -0.1) is 0 Å². The van der Waals surface area contributed by atoms with Crippen molar-refractivity contribution in [3.63, 3.8) is 0 Å². The van der Waals surface area contributed by atoms with Gasteiger partial charge in [-0.3, -0.25) is 9.69 Å². The van der Waals surface area contributed by atoms with Gasteiger partial charge in [0, 0.05) is 37.7 Å². The van der Waals surface area contributed by atoms with Crippen LogP contribution in [-0.4, -0.2) is 65.3 Å². The summed E-state index contributed by atoms with van der Waals surface area (Å²) in [6.45, 7) is 6.77. The first kappa shape index (κ1) is 21.6. The lowest BCUT2D eigenvalue weighted by Gasteiger charge is -2.35. The van der Waals surface area contributed by atoms with Crippen molar-refractivity contribution in [2.45, 2.75) is 13.0 Å². The zero-order valence-corrected chi connectivity index (χ0v) is 18.7. The number of rotatable bonds is 6. The Morgan fingerprint density at radius 3 is 2.55 bits per heavy atom. The van der Waals surface area contributed by atoms with Crippen LogP contribution in [-0.2, 0) is 0 Å². The summed E-state index contributed by atoms with van der Waals surface area (Å²) in [5, 5.41) is 8.32. The fraction of sp³-hybridized carbons (Fsp3) is 0.333. The molecule has 1 N–H and O–H groups in total. The molecule has 2 heterocycles. The number of carbonyl (C=O) groups is 1. The lowest BCUT2D eigenvalue weighted by Crippen LogP contribution is -2.47. The number of piperazine rings is 1. The van der Waals surface area contributed by atoms with Crippen molar-refractivity contribution >= 4 is 17.5 Å². The summed E-state index contributed by atoms with van der Waals surface area (Å²) < 4.78 is 1.75. The minimum Gasteiger partial charge on any atom is -0.344 e. The molecule has 3 aromatic rings. The second-order valence-electron chi connectivity index (χ2n) is 8.08. The van der Waals surface area contributed by atoms with E-state index in [1.54, 1.807) is 10.9 Å². The highest BCUT2D eigenvalue weighted by Crippen LogP contribution is 2.20. The van der Waals surface area contributed by atoms with Crippen molar-refractivity contribution < 1.29 is 4.79 Å².